The molecule has 2 aliphatic rings. The van der Waals surface area contributed by atoms with Crippen LogP contribution in [0, 0.1) is 17.8 Å². The monoisotopic (exact) mass is 530 g/mol. The molecule has 0 aromatic carbocycles. The molecule has 0 radical (unpaired) electrons. The average Bonchev–Trinajstić information content (AvgIpc) is 3.57. The summed E-state index contributed by atoms with van der Waals surface area (Å²) in [5, 5.41) is 11.2. The molecular formula is C25H34N6O5S. The fourth-order valence-electron chi connectivity index (χ4n) is 4.23. The minimum Gasteiger partial charge on any atom is -0.474 e. The summed E-state index contributed by atoms with van der Waals surface area (Å²) in [5.41, 5.74) is 0.324. The van der Waals surface area contributed by atoms with E-state index in [9.17, 15) is 14.4 Å². The zero-order chi connectivity index (χ0) is 27.0. The van der Waals surface area contributed by atoms with Crippen molar-refractivity contribution in [3.63, 3.8) is 0 Å². The van der Waals surface area contributed by atoms with Crippen molar-refractivity contribution in [1.82, 2.24) is 25.9 Å². The van der Waals surface area contributed by atoms with Gasteiger partial charge in [0.2, 0.25) is 17.7 Å². The Bertz CT molecular complexity index is 1200. The Morgan fingerprint density at radius 1 is 0.838 bits per heavy atom. The van der Waals surface area contributed by atoms with Crippen LogP contribution in [-0.4, -0.2) is 51.8 Å². The molecule has 6 bridgehead atoms. The van der Waals surface area contributed by atoms with E-state index in [4.69, 9.17) is 9.15 Å². The van der Waals surface area contributed by atoms with Crippen LogP contribution in [0.5, 0.6) is 0 Å². The van der Waals surface area contributed by atoms with Crippen LogP contribution in [0.3, 0.4) is 0 Å². The van der Waals surface area contributed by atoms with Crippen molar-refractivity contribution in [2.24, 2.45) is 22.7 Å². The van der Waals surface area contributed by atoms with E-state index in [1.165, 1.54) is 17.6 Å². The Morgan fingerprint density at radius 2 is 1.46 bits per heavy atom. The maximum atomic E-state index is 13.3. The van der Waals surface area contributed by atoms with E-state index in [2.05, 4.69) is 30.9 Å². The number of carbonyl (C=O) groups is 3. The van der Waals surface area contributed by atoms with Crippen LogP contribution in [0.2, 0.25) is 0 Å². The lowest BCUT2D eigenvalue weighted by atomic mass is 10.0. The molecule has 2 aliphatic heterocycles. The smallest absolute Gasteiger partial charge is 0.273 e. The van der Waals surface area contributed by atoms with E-state index in [1.54, 1.807) is 12.3 Å². The van der Waals surface area contributed by atoms with E-state index in [0.29, 0.717) is 10.9 Å². The highest BCUT2D eigenvalue weighted by Gasteiger charge is 2.39. The van der Waals surface area contributed by atoms with Gasteiger partial charge in [-0.25, -0.2) is 15.0 Å². The quantitative estimate of drug-likeness (QED) is 0.552. The van der Waals surface area contributed by atoms with Crippen LogP contribution >= 0.6 is 11.3 Å². The van der Waals surface area contributed by atoms with E-state index in [0.717, 1.165) is 0 Å². The molecule has 200 valence electrons. The molecule has 37 heavy (non-hydrogen) atoms. The Labute approximate surface area is 219 Å². The lowest BCUT2D eigenvalue weighted by molar-refractivity contribution is -0.124. The zero-order valence-electron chi connectivity index (χ0n) is 22.1. The van der Waals surface area contributed by atoms with Crippen molar-refractivity contribution in [2.75, 3.05) is 0 Å². The third-order valence-electron chi connectivity index (χ3n) is 6.46. The van der Waals surface area contributed by atoms with Crippen LogP contribution < -0.4 is 16.0 Å². The first-order chi connectivity index (χ1) is 17.5. The molecular weight excluding hydrogens is 496 g/mol. The number of ether oxygens (including phenoxy) is 1. The Kier molecular flexibility index (Phi) is 7.67. The van der Waals surface area contributed by atoms with Crippen molar-refractivity contribution >= 4 is 35.0 Å². The average molecular weight is 531 g/mol. The standard InChI is InChI=1S/C25H34N6O5S/c1-10(2)16-23-26-14(8-35-23)20(32)30-18(12(5)6)25-27-15(9-37-25)21(33)28-17(11(3)4)24-31-19(13(7)36-24)22(34)29-16/h8-13,16-19H,1-7H3,(H,28,33)(H,29,34)(H,30,32)/t13-,16+,17+,18+,19?/m1/s1. The molecule has 1 unspecified atom stereocenters. The van der Waals surface area contributed by atoms with Crippen LogP contribution in [0.1, 0.15) is 92.4 Å². The number of hydrogen-bond donors (Lipinski definition) is 3. The van der Waals surface area contributed by atoms with Gasteiger partial charge in [-0.2, -0.15) is 0 Å². The molecule has 4 heterocycles. The first-order valence-electron chi connectivity index (χ1n) is 12.5. The molecule has 2 aromatic heterocycles. The zero-order valence-corrected chi connectivity index (χ0v) is 22.9. The van der Waals surface area contributed by atoms with Crippen molar-refractivity contribution in [3.05, 3.63) is 33.9 Å². The van der Waals surface area contributed by atoms with Gasteiger partial charge in [-0.15, -0.1) is 11.3 Å². The van der Waals surface area contributed by atoms with Crippen molar-refractivity contribution in [3.8, 4) is 0 Å². The van der Waals surface area contributed by atoms with Gasteiger partial charge in [-0.1, -0.05) is 41.5 Å². The van der Waals surface area contributed by atoms with E-state index < -0.39 is 36.2 Å². The van der Waals surface area contributed by atoms with E-state index in [1.807, 2.05) is 41.5 Å². The molecule has 4 rings (SSSR count). The maximum absolute atomic E-state index is 13.3. The summed E-state index contributed by atoms with van der Waals surface area (Å²) >= 11 is 1.30. The molecule has 0 saturated carbocycles. The highest BCUT2D eigenvalue weighted by Crippen LogP contribution is 2.28. The lowest BCUT2D eigenvalue weighted by Gasteiger charge is -2.22. The highest BCUT2D eigenvalue weighted by molar-refractivity contribution is 7.09. The summed E-state index contributed by atoms with van der Waals surface area (Å²) in [4.78, 5) is 53.0. The van der Waals surface area contributed by atoms with Crippen molar-refractivity contribution in [2.45, 2.75) is 78.7 Å². The SMILES string of the molecule is CC(C)[C@@H]1NC(=O)c2csc(n2)[C@H](C(C)C)NC(=O)c2coc(n2)[C@H](C(C)C)NC(=O)C2N=C1O[C@@H]2C. The third-order valence-corrected chi connectivity index (χ3v) is 7.39. The number of hydrogen-bond acceptors (Lipinski definition) is 9. The molecule has 3 amide bonds. The Morgan fingerprint density at radius 3 is 2.11 bits per heavy atom. The molecule has 0 aliphatic carbocycles. The normalized spacial score (nSPS) is 26.8. The summed E-state index contributed by atoms with van der Waals surface area (Å²) in [7, 11) is 0. The number of oxazole rings is 1. The molecule has 12 heteroatoms. The number of fused-ring (bicyclic) bond motifs is 5. The molecule has 11 nitrogen and oxygen atoms in total. The minimum atomic E-state index is -0.816. The summed E-state index contributed by atoms with van der Waals surface area (Å²) < 4.78 is 11.6. The first kappa shape index (κ1) is 26.8. The highest BCUT2D eigenvalue weighted by atomic mass is 32.1. The number of amides is 3. The Hall–Kier alpha value is -3.28. The van der Waals surface area contributed by atoms with E-state index in [-0.39, 0.29) is 46.8 Å². The van der Waals surface area contributed by atoms with Gasteiger partial charge in [0.1, 0.15) is 35.2 Å². The van der Waals surface area contributed by atoms with Gasteiger partial charge in [0.15, 0.2) is 11.7 Å². The predicted octanol–water partition coefficient (Wildman–Crippen LogP) is 3.03. The summed E-state index contributed by atoms with van der Waals surface area (Å²) in [6.45, 7) is 13.4. The van der Waals surface area contributed by atoms with Crippen molar-refractivity contribution < 1.29 is 23.5 Å². The largest absolute Gasteiger partial charge is 0.474 e. The number of nitrogens with one attached hydrogen (secondary N) is 3. The van der Waals surface area contributed by atoms with Gasteiger partial charge < -0.3 is 25.1 Å². The second-order valence-electron chi connectivity index (χ2n) is 10.5. The van der Waals surface area contributed by atoms with Crippen LogP contribution in [0.15, 0.2) is 21.1 Å². The predicted molar refractivity (Wildman–Crippen MR) is 137 cm³/mol. The number of carbonyl (C=O) groups excluding carboxylic acids is 3. The summed E-state index contributed by atoms with van der Waals surface area (Å²) in [6.07, 6.45) is 0.745. The van der Waals surface area contributed by atoms with Crippen LogP contribution in [0.4, 0.5) is 0 Å². The van der Waals surface area contributed by atoms with Gasteiger partial charge in [0.25, 0.3) is 11.8 Å². The second-order valence-corrected chi connectivity index (χ2v) is 11.4. The van der Waals surface area contributed by atoms with Crippen LogP contribution in [-0.2, 0) is 9.53 Å². The number of aliphatic imine (C=N–C) groups is 1. The number of thiazole rings is 1. The van der Waals surface area contributed by atoms with Gasteiger partial charge in [0.05, 0.1) is 6.04 Å². The molecule has 2 aromatic rings. The molecule has 0 fully saturated rings. The van der Waals surface area contributed by atoms with E-state index >= 15 is 0 Å². The third kappa shape index (κ3) is 5.53. The van der Waals surface area contributed by atoms with Gasteiger partial charge in [-0.3, -0.25) is 14.4 Å². The van der Waals surface area contributed by atoms with Crippen molar-refractivity contribution in [1.29, 1.82) is 0 Å². The topological polar surface area (TPSA) is 148 Å². The molecule has 0 saturated heterocycles. The Balaban J connectivity index is 1.77. The molecule has 0 spiro atoms. The number of nitrogens with zero attached hydrogens (tertiary/aromatic N) is 3. The first-order valence-corrected chi connectivity index (χ1v) is 13.4. The summed E-state index contributed by atoms with van der Waals surface area (Å²) in [6, 6.07) is -2.39. The minimum absolute atomic E-state index is 0.00578. The second kappa shape index (κ2) is 10.6. The van der Waals surface area contributed by atoms with Gasteiger partial charge >= 0.3 is 0 Å². The van der Waals surface area contributed by atoms with Gasteiger partial charge in [-0.05, 0) is 24.7 Å². The molecule has 3 N–H and O–H groups in total. The fraction of sp³-hybridized carbons (Fsp3) is 0.600. The lowest BCUT2D eigenvalue weighted by Crippen LogP contribution is -2.45. The summed E-state index contributed by atoms with van der Waals surface area (Å²) in [5.74, 6) is -0.782. The maximum Gasteiger partial charge on any atom is 0.273 e. The molecule has 5 atom stereocenters. The van der Waals surface area contributed by atoms with Crippen LogP contribution in [0.25, 0.3) is 0 Å². The van der Waals surface area contributed by atoms with Gasteiger partial charge in [0, 0.05) is 5.38 Å². The number of rotatable bonds is 3. The fourth-order valence-corrected chi connectivity index (χ4v) is 5.25. The number of aromatic nitrogens is 2.